The van der Waals surface area contributed by atoms with E-state index in [9.17, 15) is 13.2 Å². The molecule has 2 rings (SSSR count). The third-order valence-electron chi connectivity index (χ3n) is 2.49. The maximum Gasteiger partial charge on any atom is 0.244 e. The van der Waals surface area contributed by atoms with Crippen molar-refractivity contribution in [2.24, 2.45) is 0 Å². The first-order chi connectivity index (χ1) is 8.49. The van der Waals surface area contributed by atoms with Crippen LogP contribution in [0.2, 0.25) is 5.28 Å². The van der Waals surface area contributed by atoms with Gasteiger partial charge in [-0.25, -0.2) is 18.4 Å². The maximum absolute atomic E-state index is 11.9. The van der Waals surface area contributed by atoms with Crippen molar-refractivity contribution in [3.8, 4) is 0 Å². The molecule has 1 aliphatic heterocycles. The van der Waals surface area contributed by atoms with E-state index in [4.69, 9.17) is 11.6 Å². The van der Waals surface area contributed by atoms with Gasteiger partial charge in [-0.15, -0.1) is 0 Å². The summed E-state index contributed by atoms with van der Waals surface area (Å²) in [6.45, 7) is 0.571. The van der Waals surface area contributed by atoms with Gasteiger partial charge in [-0.1, -0.05) is 0 Å². The topological polar surface area (TPSA) is 101 Å². The number of carbonyl (C=O) groups excluding carboxylic acids is 1. The second-order valence-corrected chi connectivity index (χ2v) is 5.85. The molecule has 1 unspecified atom stereocenters. The third kappa shape index (κ3) is 2.95. The van der Waals surface area contributed by atoms with Crippen LogP contribution in [0.4, 0.5) is 0 Å². The molecule has 1 aliphatic rings. The Bertz CT molecular complexity index is 545. The minimum absolute atomic E-state index is 0.0376. The number of sulfonamides is 1. The summed E-state index contributed by atoms with van der Waals surface area (Å²) >= 11 is 5.48. The first-order valence-corrected chi connectivity index (χ1v) is 7.13. The lowest BCUT2D eigenvalue weighted by atomic mass is 10.1. The van der Waals surface area contributed by atoms with Crippen LogP contribution in [0, 0.1) is 0 Å². The highest BCUT2D eigenvalue weighted by molar-refractivity contribution is 7.89. The van der Waals surface area contributed by atoms with Crippen molar-refractivity contribution in [2.75, 3.05) is 6.54 Å². The van der Waals surface area contributed by atoms with E-state index < -0.39 is 16.1 Å². The quantitative estimate of drug-likeness (QED) is 0.744. The van der Waals surface area contributed by atoms with Gasteiger partial charge < -0.3 is 5.32 Å². The molecule has 1 atom stereocenters. The predicted octanol–water partition coefficient (Wildman–Crippen LogP) is -0.313. The van der Waals surface area contributed by atoms with Crippen LogP contribution in [-0.4, -0.2) is 36.9 Å². The van der Waals surface area contributed by atoms with Crippen LogP contribution in [0.15, 0.2) is 17.3 Å². The molecular weight excluding hydrogens is 280 g/mol. The Morgan fingerprint density at radius 2 is 2.06 bits per heavy atom. The number of hydrogen-bond donors (Lipinski definition) is 2. The van der Waals surface area contributed by atoms with Gasteiger partial charge in [-0.3, -0.25) is 4.79 Å². The minimum atomic E-state index is -3.80. The van der Waals surface area contributed by atoms with Crippen molar-refractivity contribution in [3.05, 3.63) is 17.7 Å². The van der Waals surface area contributed by atoms with Gasteiger partial charge in [0, 0.05) is 6.54 Å². The van der Waals surface area contributed by atoms with Crippen LogP contribution in [0.5, 0.6) is 0 Å². The summed E-state index contributed by atoms with van der Waals surface area (Å²) in [5.74, 6) is -0.320. The van der Waals surface area contributed by atoms with Gasteiger partial charge in [-0.05, 0) is 24.4 Å². The maximum atomic E-state index is 11.9. The van der Waals surface area contributed by atoms with E-state index in [-0.39, 0.29) is 16.1 Å². The van der Waals surface area contributed by atoms with E-state index in [1.807, 2.05) is 0 Å². The highest BCUT2D eigenvalue weighted by atomic mass is 35.5. The molecule has 7 nitrogen and oxygen atoms in total. The summed E-state index contributed by atoms with van der Waals surface area (Å²) in [5.41, 5.74) is 0. The number of halogens is 1. The summed E-state index contributed by atoms with van der Waals surface area (Å²) in [6.07, 6.45) is 3.40. The Hall–Kier alpha value is -1.25. The number of carbonyl (C=O) groups is 1. The van der Waals surface area contributed by atoms with Gasteiger partial charge in [0.15, 0.2) is 0 Å². The Kier molecular flexibility index (Phi) is 3.79. The van der Waals surface area contributed by atoms with E-state index in [2.05, 4.69) is 20.0 Å². The number of hydrogen-bond acceptors (Lipinski definition) is 5. The predicted molar refractivity (Wildman–Crippen MR) is 63.4 cm³/mol. The van der Waals surface area contributed by atoms with Crippen molar-refractivity contribution < 1.29 is 13.2 Å². The van der Waals surface area contributed by atoms with E-state index in [1.54, 1.807) is 0 Å². The minimum Gasteiger partial charge on any atom is -0.355 e. The molecule has 1 aromatic rings. The Morgan fingerprint density at radius 1 is 1.39 bits per heavy atom. The van der Waals surface area contributed by atoms with Gasteiger partial charge in [0.2, 0.25) is 21.2 Å². The molecule has 0 aromatic carbocycles. The molecule has 0 saturated carbocycles. The molecule has 0 bridgehead atoms. The average molecular weight is 291 g/mol. The van der Waals surface area contributed by atoms with E-state index in [1.165, 1.54) is 0 Å². The van der Waals surface area contributed by atoms with Crippen molar-refractivity contribution in [3.63, 3.8) is 0 Å². The summed E-state index contributed by atoms with van der Waals surface area (Å²) in [5, 5.41) is 2.56. The van der Waals surface area contributed by atoms with Crippen molar-refractivity contribution in [1.82, 2.24) is 20.0 Å². The standard InChI is InChI=1S/C9H11ClN4O3S/c10-9-12-4-6(5-13-9)18(16,17)14-7-2-1-3-11-8(7)15/h4-5,7,14H,1-3H2,(H,11,15). The van der Waals surface area contributed by atoms with Crippen molar-refractivity contribution >= 4 is 27.5 Å². The van der Waals surface area contributed by atoms with Crippen molar-refractivity contribution in [2.45, 2.75) is 23.8 Å². The van der Waals surface area contributed by atoms with E-state index in [0.29, 0.717) is 13.0 Å². The molecule has 1 aromatic heterocycles. The van der Waals surface area contributed by atoms with Crippen LogP contribution in [0.1, 0.15) is 12.8 Å². The summed E-state index contributed by atoms with van der Waals surface area (Å²) in [4.78, 5) is 18.5. The van der Waals surface area contributed by atoms with Crippen LogP contribution >= 0.6 is 11.6 Å². The fourth-order valence-corrected chi connectivity index (χ4v) is 2.80. The highest BCUT2D eigenvalue weighted by Crippen LogP contribution is 2.11. The third-order valence-corrected chi connectivity index (χ3v) is 4.11. The number of rotatable bonds is 3. The fourth-order valence-electron chi connectivity index (χ4n) is 1.58. The molecule has 18 heavy (non-hydrogen) atoms. The monoisotopic (exact) mass is 290 g/mol. The molecule has 0 radical (unpaired) electrons. The number of aromatic nitrogens is 2. The van der Waals surface area contributed by atoms with Crippen LogP contribution in [0.3, 0.4) is 0 Å². The Morgan fingerprint density at radius 3 is 2.67 bits per heavy atom. The van der Waals surface area contributed by atoms with Gasteiger partial charge >= 0.3 is 0 Å². The molecule has 9 heteroatoms. The van der Waals surface area contributed by atoms with Gasteiger partial charge in [0.1, 0.15) is 10.9 Å². The molecule has 2 heterocycles. The molecule has 1 fully saturated rings. The highest BCUT2D eigenvalue weighted by Gasteiger charge is 2.27. The second kappa shape index (κ2) is 5.17. The van der Waals surface area contributed by atoms with Crippen LogP contribution < -0.4 is 10.0 Å². The zero-order chi connectivity index (χ0) is 13.2. The first-order valence-electron chi connectivity index (χ1n) is 5.26. The number of piperidine rings is 1. The zero-order valence-corrected chi connectivity index (χ0v) is 10.8. The lowest BCUT2D eigenvalue weighted by Gasteiger charge is -2.22. The number of nitrogens with one attached hydrogen (secondary N) is 2. The lowest BCUT2D eigenvalue weighted by Crippen LogP contribution is -2.50. The largest absolute Gasteiger partial charge is 0.355 e. The summed E-state index contributed by atoms with van der Waals surface area (Å²) < 4.78 is 26.2. The molecule has 1 saturated heterocycles. The summed E-state index contributed by atoms with van der Waals surface area (Å²) in [7, 11) is -3.80. The van der Waals surface area contributed by atoms with Gasteiger partial charge in [0.25, 0.3) is 0 Å². The SMILES string of the molecule is O=C1NCCCC1NS(=O)(=O)c1cnc(Cl)nc1. The van der Waals surface area contributed by atoms with Crippen molar-refractivity contribution in [1.29, 1.82) is 0 Å². The first kappa shape index (κ1) is 13.2. The number of amides is 1. The molecular formula is C9H11ClN4O3S. The van der Waals surface area contributed by atoms with Crippen LogP contribution in [0.25, 0.3) is 0 Å². The fraction of sp³-hybridized carbons (Fsp3) is 0.444. The Balaban J connectivity index is 2.16. The lowest BCUT2D eigenvalue weighted by molar-refractivity contribution is -0.124. The second-order valence-electron chi connectivity index (χ2n) is 3.79. The molecule has 1 amide bonds. The van der Waals surface area contributed by atoms with E-state index in [0.717, 1.165) is 18.8 Å². The van der Waals surface area contributed by atoms with Gasteiger partial charge in [-0.2, -0.15) is 4.72 Å². The zero-order valence-electron chi connectivity index (χ0n) is 9.26. The molecule has 98 valence electrons. The Labute approximate surface area is 109 Å². The average Bonchev–Trinajstić information content (AvgIpc) is 2.32. The summed E-state index contributed by atoms with van der Waals surface area (Å²) in [6, 6.07) is -0.751. The smallest absolute Gasteiger partial charge is 0.244 e. The number of nitrogens with zero attached hydrogens (tertiary/aromatic N) is 2. The van der Waals surface area contributed by atoms with Gasteiger partial charge in [0.05, 0.1) is 12.4 Å². The normalized spacial score (nSPS) is 20.5. The molecule has 0 spiro atoms. The molecule has 0 aliphatic carbocycles. The van der Waals surface area contributed by atoms with E-state index >= 15 is 0 Å². The molecule has 2 N–H and O–H groups in total. The van der Waals surface area contributed by atoms with Crippen LogP contribution in [-0.2, 0) is 14.8 Å².